The number of carbonyl (C=O) groups is 1. The van der Waals surface area contributed by atoms with Crippen LogP contribution in [0, 0.1) is 5.82 Å². The molecular weight excluding hydrogens is 329 g/mol. The van der Waals surface area contributed by atoms with Gasteiger partial charge in [0, 0.05) is 32.2 Å². The van der Waals surface area contributed by atoms with Gasteiger partial charge in [0.05, 0.1) is 16.6 Å². The number of halogens is 1. The molecule has 1 aliphatic carbocycles. The number of carboxylic acid groups (broad SMARTS) is 1. The highest BCUT2D eigenvalue weighted by atomic mass is 19.1. The second kappa shape index (κ2) is 5.73. The summed E-state index contributed by atoms with van der Waals surface area (Å²) in [4.78, 5) is 25.9. The third kappa shape index (κ3) is 2.53. The van der Waals surface area contributed by atoms with E-state index in [0.29, 0.717) is 24.3 Å². The summed E-state index contributed by atoms with van der Waals surface area (Å²) < 4.78 is 16.1. The zero-order chi connectivity index (χ0) is 17.7. The van der Waals surface area contributed by atoms with Crippen molar-refractivity contribution in [3.8, 4) is 5.75 Å². The van der Waals surface area contributed by atoms with Gasteiger partial charge in [-0.3, -0.25) is 4.79 Å². The number of nitrogens with one attached hydrogen (secondary N) is 1. The highest BCUT2D eigenvalue weighted by Gasteiger charge is 2.32. The van der Waals surface area contributed by atoms with Gasteiger partial charge in [-0.15, -0.1) is 0 Å². The maximum Gasteiger partial charge on any atom is 0.356 e. The fourth-order valence-electron chi connectivity index (χ4n) is 3.47. The van der Waals surface area contributed by atoms with Crippen molar-refractivity contribution >= 4 is 22.6 Å². The lowest BCUT2D eigenvalue weighted by Gasteiger charge is -2.30. The standard InChI is InChI=1S/C17H18FN3O4/c18-11-7-10-12(8-13(11)20-5-3-19-4-6-20)21(9-1-2-9)14(17(24)25)16(23)15(10)22/h7-9,19,23H,1-6H2,(H,24,25). The number of hydrogen-bond donors (Lipinski definition) is 3. The van der Waals surface area contributed by atoms with Crippen LogP contribution in [0.25, 0.3) is 10.9 Å². The molecule has 1 aliphatic heterocycles. The van der Waals surface area contributed by atoms with Crippen LogP contribution in [-0.2, 0) is 0 Å². The Hall–Kier alpha value is -2.61. The number of pyridine rings is 1. The Balaban J connectivity index is 2.02. The molecule has 1 saturated carbocycles. The zero-order valence-electron chi connectivity index (χ0n) is 13.5. The van der Waals surface area contributed by atoms with Crippen molar-refractivity contribution < 1.29 is 19.4 Å². The summed E-state index contributed by atoms with van der Waals surface area (Å²) in [5.41, 5.74) is -0.560. The number of hydrogen-bond acceptors (Lipinski definition) is 5. The molecular formula is C17H18FN3O4. The number of piperazine rings is 1. The molecule has 2 heterocycles. The van der Waals surface area contributed by atoms with Crippen LogP contribution in [0.15, 0.2) is 16.9 Å². The summed E-state index contributed by atoms with van der Waals surface area (Å²) in [6, 6.07) is 2.56. The molecule has 2 aliphatic rings. The highest BCUT2D eigenvalue weighted by Crippen LogP contribution is 2.40. The molecule has 1 aromatic carbocycles. The van der Waals surface area contributed by atoms with Crippen LogP contribution in [0.4, 0.5) is 10.1 Å². The number of aromatic hydroxyl groups is 1. The highest BCUT2D eigenvalue weighted by molar-refractivity contribution is 5.95. The SMILES string of the molecule is O=C(O)c1c(O)c(=O)c2cc(F)c(N3CCNCC3)cc2n1C1CC1. The summed E-state index contributed by atoms with van der Waals surface area (Å²) in [6.45, 7) is 2.70. The van der Waals surface area contributed by atoms with Gasteiger partial charge in [-0.2, -0.15) is 0 Å². The first-order valence-electron chi connectivity index (χ1n) is 8.28. The van der Waals surface area contributed by atoms with Crippen LogP contribution in [0.1, 0.15) is 29.4 Å². The van der Waals surface area contributed by atoms with E-state index in [-0.39, 0.29) is 11.4 Å². The van der Waals surface area contributed by atoms with Crippen molar-refractivity contribution in [2.45, 2.75) is 18.9 Å². The van der Waals surface area contributed by atoms with Gasteiger partial charge in [0.1, 0.15) is 5.82 Å². The second-order valence-corrected chi connectivity index (χ2v) is 6.49. The fraction of sp³-hybridized carbons (Fsp3) is 0.412. The Morgan fingerprint density at radius 3 is 2.52 bits per heavy atom. The van der Waals surface area contributed by atoms with Crippen molar-refractivity contribution in [2.24, 2.45) is 0 Å². The van der Waals surface area contributed by atoms with E-state index in [1.54, 1.807) is 6.07 Å². The van der Waals surface area contributed by atoms with Gasteiger partial charge in [0.15, 0.2) is 11.4 Å². The Morgan fingerprint density at radius 1 is 1.24 bits per heavy atom. The van der Waals surface area contributed by atoms with Crippen LogP contribution in [0.3, 0.4) is 0 Å². The molecule has 3 N–H and O–H groups in total. The minimum atomic E-state index is -1.36. The Labute approximate surface area is 142 Å². The molecule has 1 saturated heterocycles. The van der Waals surface area contributed by atoms with Crippen molar-refractivity contribution in [1.82, 2.24) is 9.88 Å². The molecule has 8 heteroatoms. The third-order valence-corrected chi connectivity index (χ3v) is 4.82. The Kier molecular flexibility index (Phi) is 3.64. The maximum absolute atomic E-state index is 14.6. The van der Waals surface area contributed by atoms with Crippen LogP contribution < -0.4 is 15.6 Å². The van der Waals surface area contributed by atoms with Gasteiger partial charge in [-0.05, 0) is 25.0 Å². The molecule has 0 spiro atoms. The van der Waals surface area contributed by atoms with Gasteiger partial charge in [-0.1, -0.05) is 0 Å². The fourth-order valence-corrected chi connectivity index (χ4v) is 3.47. The predicted octanol–water partition coefficient (Wildman–Crippen LogP) is 1.29. The minimum Gasteiger partial charge on any atom is -0.502 e. The molecule has 132 valence electrons. The summed E-state index contributed by atoms with van der Waals surface area (Å²) >= 11 is 0. The number of aromatic nitrogens is 1. The molecule has 25 heavy (non-hydrogen) atoms. The van der Waals surface area contributed by atoms with E-state index in [4.69, 9.17) is 0 Å². The van der Waals surface area contributed by atoms with E-state index in [1.165, 1.54) is 4.57 Å². The van der Waals surface area contributed by atoms with Gasteiger partial charge in [0.2, 0.25) is 5.43 Å². The largest absolute Gasteiger partial charge is 0.502 e. The molecule has 2 aromatic rings. The van der Waals surface area contributed by atoms with E-state index in [2.05, 4.69) is 5.32 Å². The molecule has 0 amide bonds. The van der Waals surface area contributed by atoms with E-state index in [9.17, 15) is 24.2 Å². The molecule has 7 nitrogen and oxygen atoms in total. The van der Waals surface area contributed by atoms with Gasteiger partial charge >= 0.3 is 5.97 Å². The number of carboxylic acids is 1. The molecule has 2 fully saturated rings. The van der Waals surface area contributed by atoms with E-state index < -0.39 is 28.7 Å². The van der Waals surface area contributed by atoms with Gasteiger partial charge in [-0.25, -0.2) is 9.18 Å². The minimum absolute atomic E-state index is 0.00536. The van der Waals surface area contributed by atoms with E-state index in [1.807, 2.05) is 4.90 Å². The topological polar surface area (TPSA) is 94.8 Å². The smallest absolute Gasteiger partial charge is 0.356 e. The number of fused-ring (bicyclic) bond motifs is 1. The molecule has 0 radical (unpaired) electrons. The predicted molar refractivity (Wildman–Crippen MR) is 90.1 cm³/mol. The normalized spacial score (nSPS) is 17.9. The first-order valence-corrected chi connectivity index (χ1v) is 8.28. The lowest BCUT2D eigenvalue weighted by molar-refractivity contribution is 0.0680. The maximum atomic E-state index is 14.6. The second-order valence-electron chi connectivity index (χ2n) is 6.49. The summed E-state index contributed by atoms with van der Waals surface area (Å²) in [5.74, 6) is -2.74. The summed E-state index contributed by atoms with van der Waals surface area (Å²) in [6.07, 6.45) is 1.52. The average molecular weight is 347 g/mol. The van der Waals surface area contributed by atoms with Crippen molar-refractivity contribution in [3.05, 3.63) is 33.9 Å². The van der Waals surface area contributed by atoms with Gasteiger partial charge < -0.3 is 25.0 Å². The van der Waals surface area contributed by atoms with Crippen LogP contribution >= 0.6 is 0 Å². The lowest BCUT2D eigenvalue weighted by atomic mass is 10.1. The molecule has 0 unspecified atom stereocenters. The van der Waals surface area contributed by atoms with E-state index >= 15 is 0 Å². The van der Waals surface area contributed by atoms with E-state index in [0.717, 1.165) is 32.0 Å². The Morgan fingerprint density at radius 2 is 1.92 bits per heavy atom. The lowest BCUT2D eigenvalue weighted by Crippen LogP contribution is -2.43. The summed E-state index contributed by atoms with van der Waals surface area (Å²) in [5, 5.41) is 22.7. The number of nitrogens with zero attached hydrogens (tertiary/aromatic N) is 2. The third-order valence-electron chi connectivity index (χ3n) is 4.82. The molecule has 0 atom stereocenters. The first-order chi connectivity index (χ1) is 12.0. The number of aromatic carboxylic acids is 1. The average Bonchev–Trinajstić information content (AvgIpc) is 3.43. The van der Waals surface area contributed by atoms with Crippen LogP contribution in [-0.4, -0.2) is 46.9 Å². The van der Waals surface area contributed by atoms with Gasteiger partial charge in [0.25, 0.3) is 0 Å². The first kappa shape index (κ1) is 15.9. The van der Waals surface area contributed by atoms with Crippen molar-refractivity contribution in [3.63, 3.8) is 0 Å². The monoisotopic (exact) mass is 347 g/mol. The Bertz CT molecular complexity index is 930. The molecule has 0 bridgehead atoms. The van der Waals surface area contributed by atoms with Crippen LogP contribution in [0.2, 0.25) is 0 Å². The number of anilines is 1. The van der Waals surface area contributed by atoms with Crippen molar-refractivity contribution in [2.75, 3.05) is 31.1 Å². The quantitative estimate of drug-likeness (QED) is 0.774. The summed E-state index contributed by atoms with van der Waals surface area (Å²) in [7, 11) is 0. The number of benzene rings is 1. The zero-order valence-corrected chi connectivity index (χ0v) is 13.5. The van der Waals surface area contributed by atoms with Crippen LogP contribution in [0.5, 0.6) is 5.75 Å². The number of rotatable bonds is 3. The molecule has 1 aromatic heterocycles. The molecule has 4 rings (SSSR count). The van der Waals surface area contributed by atoms with Crippen molar-refractivity contribution in [1.29, 1.82) is 0 Å².